The summed E-state index contributed by atoms with van der Waals surface area (Å²) in [4.78, 5) is 4.25. The summed E-state index contributed by atoms with van der Waals surface area (Å²) in [5.41, 5.74) is 0.922. The maximum absolute atomic E-state index is 5.72. The molecule has 18 heavy (non-hydrogen) atoms. The predicted octanol–water partition coefficient (Wildman–Crippen LogP) is 2.85. The van der Waals surface area contributed by atoms with Gasteiger partial charge in [0.1, 0.15) is 0 Å². The molecular formula is C14H22N2O2. The van der Waals surface area contributed by atoms with Crippen LogP contribution in [0.15, 0.2) is 18.3 Å². The van der Waals surface area contributed by atoms with Gasteiger partial charge in [0.25, 0.3) is 0 Å². The molecular weight excluding hydrogens is 228 g/mol. The number of ether oxygens (including phenoxy) is 2. The van der Waals surface area contributed by atoms with Crippen LogP contribution in [0.2, 0.25) is 0 Å². The molecule has 0 radical (unpaired) electrons. The van der Waals surface area contributed by atoms with E-state index >= 15 is 0 Å². The molecule has 1 atom stereocenters. The van der Waals surface area contributed by atoms with Crippen molar-refractivity contribution in [1.29, 1.82) is 0 Å². The van der Waals surface area contributed by atoms with Gasteiger partial charge in [0.15, 0.2) is 0 Å². The Balaban J connectivity index is 2.04. The molecule has 4 heteroatoms. The fraction of sp³-hybridized carbons (Fsp3) is 0.643. The summed E-state index contributed by atoms with van der Waals surface area (Å²) in [5, 5.41) is 3.52. The lowest BCUT2D eigenvalue weighted by atomic mass is 9.94. The minimum absolute atomic E-state index is 0.0517. The third-order valence-corrected chi connectivity index (χ3v) is 3.11. The summed E-state index contributed by atoms with van der Waals surface area (Å²) in [5.74, 6) is 0.685. The zero-order chi connectivity index (χ0) is 13.0. The van der Waals surface area contributed by atoms with Gasteiger partial charge in [-0.05, 0) is 45.7 Å². The molecule has 0 saturated carbocycles. The van der Waals surface area contributed by atoms with Gasteiger partial charge in [-0.1, -0.05) is 0 Å². The molecule has 0 aromatic carbocycles. The Morgan fingerprint density at radius 3 is 3.11 bits per heavy atom. The first-order valence-corrected chi connectivity index (χ1v) is 6.59. The van der Waals surface area contributed by atoms with Crippen molar-refractivity contribution in [3.63, 3.8) is 0 Å². The van der Waals surface area contributed by atoms with Crippen LogP contribution in [0.4, 0.5) is 5.69 Å². The smallest absolute Gasteiger partial charge is 0.237 e. The highest BCUT2D eigenvalue weighted by atomic mass is 16.5. The third-order valence-electron chi connectivity index (χ3n) is 3.11. The van der Waals surface area contributed by atoms with Gasteiger partial charge in [0, 0.05) is 18.8 Å². The van der Waals surface area contributed by atoms with E-state index in [0.717, 1.165) is 25.1 Å². The van der Waals surface area contributed by atoms with Crippen molar-refractivity contribution in [2.24, 2.45) is 0 Å². The van der Waals surface area contributed by atoms with E-state index in [1.165, 1.54) is 0 Å². The molecule has 1 aromatic heterocycles. The van der Waals surface area contributed by atoms with Crippen LogP contribution in [-0.2, 0) is 4.74 Å². The van der Waals surface area contributed by atoms with Crippen molar-refractivity contribution in [2.75, 3.05) is 18.5 Å². The lowest BCUT2D eigenvalue weighted by molar-refractivity contribution is -0.0553. The van der Waals surface area contributed by atoms with E-state index in [-0.39, 0.29) is 5.60 Å². The van der Waals surface area contributed by atoms with Gasteiger partial charge in [-0.2, -0.15) is 0 Å². The Hall–Kier alpha value is -1.29. The molecule has 1 saturated heterocycles. The number of pyridine rings is 1. The average Bonchev–Trinajstić information content (AvgIpc) is 2.31. The second kappa shape index (κ2) is 5.57. The fourth-order valence-electron chi connectivity index (χ4n) is 2.33. The molecule has 1 fully saturated rings. The zero-order valence-electron chi connectivity index (χ0n) is 11.4. The highest BCUT2D eigenvalue weighted by Gasteiger charge is 2.29. The van der Waals surface area contributed by atoms with Crippen LogP contribution in [0.5, 0.6) is 5.88 Å². The molecule has 4 nitrogen and oxygen atoms in total. The SMILES string of the molecule is CCOc1ncccc1NC1CCOC(C)(C)C1. The molecule has 1 aliphatic rings. The molecule has 1 unspecified atom stereocenters. The van der Waals surface area contributed by atoms with Crippen molar-refractivity contribution < 1.29 is 9.47 Å². The first-order chi connectivity index (χ1) is 8.61. The summed E-state index contributed by atoms with van der Waals surface area (Å²) in [7, 11) is 0. The number of nitrogens with one attached hydrogen (secondary N) is 1. The molecule has 2 rings (SSSR count). The van der Waals surface area contributed by atoms with Crippen LogP contribution < -0.4 is 10.1 Å². The van der Waals surface area contributed by atoms with Crippen LogP contribution >= 0.6 is 0 Å². The molecule has 0 amide bonds. The summed E-state index contributed by atoms with van der Waals surface area (Å²) in [6, 6.07) is 4.35. The second-order valence-corrected chi connectivity index (χ2v) is 5.23. The number of hydrogen-bond acceptors (Lipinski definition) is 4. The third kappa shape index (κ3) is 3.35. The highest BCUT2D eigenvalue weighted by molar-refractivity contribution is 5.52. The van der Waals surface area contributed by atoms with Crippen LogP contribution in [0.1, 0.15) is 33.6 Å². The van der Waals surface area contributed by atoms with E-state index < -0.39 is 0 Å². The quantitative estimate of drug-likeness (QED) is 0.892. The number of rotatable bonds is 4. The second-order valence-electron chi connectivity index (χ2n) is 5.23. The molecule has 1 aromatic rings. The van der Waals surface area contributed by atoms with Crippen LogP contribution in [0.25, 0.3) is 0 Å². The number of aromatic nitrogens is 1. The first kappa shape index (κ1) is 13.1. The lowest BCUT2D eigenvalue weighted by Gasteiger charge is -2.36. The van der Waals surface area contributed by atoms with E-state index in [9.17, 15) is 0 Å². The number of hydrogen-bond donors (Lipinski definition) is 1. The van der Waals surface area contributed by atoms with Gasteiger partial charge < -0.3 is 14.8 Å². The Morgan fingerprint density at radius 2 is 2.39 bits per heavy atom. The van der Waals surface area contributed by atoms with Crippen LogP contribution in [-0.4, -0.2) is 29.8 Å². The van der Waals surface area contributed by atoms with Gasteiger partial charge in [-0.25, -0.2) is 4.98 Å². The van der Waals surface area contributed by atoms with E-state index in [4.69, 9.17) is 9.47 Å². The van der Waals surface area contributed by atoms with Crippen LogP contribution in [0, 0.1) is 0 Å². The fourth-order valence-corrected chi connectivity index (χ4v) is 2.33. The van der Waals surface area contributed by atoms with Crippen LogP contribution in [0.3, 0.4) is 0 Å². The van der Waals surface area contributed by atoms with Gasteiger partial charge in [-0.15, -0.1) is 0 Å². The van der Waals surface area contributed by atoms with Crippen molar-refractivity contribution in [1.82, 2.24) is 4.98 Å². The summed E-state index contributed by atoms with van der Waals surface area (Å²) >= 11 is 0. The topological polar surface area (TPSA) is 43.4 Å². The van der Waals surface area contributed by atoms with E-state index in [2.05, 4.69) is 24.1 Å². The maximum Gasteiger partial charge on any atom is 0.237 e. The first-order valence-electron chi connectivity index (χ1n) is 6.59. The van der Waals surface area contributed by atoms with Crippen molar-refractivity contribution in [2.45, 2.75) is 45.3 Å². The molecule has 0 aliphatic carbocycles. The molecule has 1 aliphatic heterocycles. The maximum atomic E-state index is 5.72. The zero-order valence-corrected chi connectivity index (χ0v) is 11.4. The minimum Gasteiger partial charge on any atom is -0.476 e. The Morgan fingerprint density at radius 1 is 1.56 bits per heavy atom. The number of anilines is 1. The summed E-state index contributed by atoms with van der Waals surface area (Å²) in [6.45, 7) is 7.66. The standard InChI is InChI=1S/C14H22N2O2/c1-4-17-13-12(6-5-8-15-13)16-11-7-9-18-14(2,3)10-11/h5-6,8,11,16H,4,7,9-10H2,1-3H3. The number of nitrogens with zero attached hydrogens (tertiary/aromatic N) is 1. The Bertz CT molecular complexity index is 393. The molecule has 1 N–H and O–H groups in total. The minimum atomic E-state index is -0.0517. The van der Waals surface area contributed by atoms with Crippen molar-refractivity contribution in [3.05, 3.63) is 18.3 Å². The van der Waals surface area contributed by atoms with E-state index in [1.54, 1.807) is 6.20 Å². The van der Waals surface area contributed by atoms with Gasteiger partial charge in [0.2, 0.25) is 5.88 Å². The normalized spacial score (nSPS) is 22.5. The predicted molar refractivity (Wildman–Crippen MR) is 72.1 cm³/mol. The summed E-state index contributed by atoms with van der Waals surface area (Å²) in [6.07, 6.45) is 3.77. The lowest BCUT2D eigenvalue weighted by Crippen LogP contribution is -2.40. The summed E-state index contributed by atoms with van der Waals surface area (Å²) < 4.78 is 11.2. The van der Waals surface area contributed by atoms with E-state index in [1.807, 2.05) is 19.1 Å². The average molecular weight is 250 g/mol. The Labute approximate surface area is 109 Å². The van der Waals surface area contributed by atoms with E-state index in [0.29, 0.717) is 18.5 Å². The monoisotopic (exact) mass is 250 g/mol. The van der Waals surface area contributed by atoms with Gasteiger partial charge in [0.05, 0.1) is 17.9 Å². The highest BCUT2D eigenvalue weighted by Crippen LogP contribution is 2.29. The van der Waals surface area contributed by atoms with Crippen molar-refractivity contribution in [3.8, 4) is 5.88 Å². The Kier molecular flexibility index (Phi) is 4.07. The van der Waals surface area contributed by atoms with Gasteiger partial charge >= 0.3 is 0 Å². The van der Waals surface area contributed by atoms with Gasteiger partial charge in [-0.3, -0.25) is 0 Å². The molecule has 0 spiro atoms. The van der Waals surface area contributed by atoms with Crippen molar-refractivity contribution >= 4 is 5.69 Å². The molecule has 2 heterocycles. The molecule has 100 valence electrons. The molecule has 0 bridgehead atoms. The largest absolute Gasteiger partial charge is 0.476 e.